The summed E-state index contributed by atoms with van der Waals surface area (Å²) in [6.07, 6.45) is 1.76. The summed E-state index contributed by atoms with van der Waals surface area (Å²) in [5.74, 6) is 1.69. The molecule has 4 rings (SSSR count). The van der Waals surface area contributed by atoms with Crippen LogP contribution in [0.4, 0.5) is 0 Å². The van der Waals surface area contributed by atoms with Crippen molar-refractivity contribution in [3.8, 4) is 27.8 Å². The van der Waals surface area contributed by atoms with E-state index in [0.717, 1.165) is 26.5 Å². The van der Waals surface area contributed by atoms with Gasteiger partial charge in [0.2, 0.25) is 10.6 Å². The molecule has 0 aliphatic rings. The number of aromatic nitrogens is 1. The Hall–Kier alpha value is -3.36. The van der Waals surface area contributed by atoms with Crippen molar-refractivity contribution in [2.24, 2.45) is 10.1 Å². The highest BCUT2D eigenvalue weighted by molar-refractivity contribution is 7.14. The van der Waals surface area contributed by atoms with Crippen molar-refractivity contribution in [1.29, 1.82) is 0 Å². The van der Waals surface area contributed by atoms with E-state index in [1.165, 1.54) is 0 Å². The lowest BCUT2D eigenvalue weighted by Crippen LogP contribution is -2.12. The summed E-state index contributed by atoms with van der Waals surface area (Å²) in [5.41, 5.74) is 2.91. The summed E-state index contributed by atoms with van der Waals surface area (Å²) in [6.45, 7) is 0.584. The van der Waals surface area contributed by atoms with Crippen LogP contribution in [-0.2, 0) is 6.54 Å². The highest BCUT2D eigenvalue weighted by Crippen LogP contribution is 2.39. The summed E-state index contributed by atoms with van der Waals surface area (Å²) in [4.78, 5) is 6.76. The van der Waals surface area contributed by atoms with E-state index in [1.807, 2.05) is 41.1 Å². The van der Waals surface area contributed by atoms with E-state index >= 15 is 0 Å². The van der Waals surface area contributed by atoms with E-state index in [-0.39, 0.29) is 0 Å². The molecule has 2 aromatic carbocycles. The second-order valence-corrected chi connectivity index (χ2v) is 8.45. The molecule has 32 heavy (non-hydrogen) atoms. The molecule has 0 radical (unpaired) electrons. The largest absolute Gasteiger partial charge is 0.493 e. The van der Waals surface area contributed by atoms with E-state index in [0.29, 0.717) is 23.8 Å². The van der Waals surface area contributed by atoms with Crippen molar-refractivity contribution in [3.63, 3.8) is 0 Å². The highest BCUT2D eigenvalue weighted by atomic mass is 32.1. The molecule has 8 heteroatoms. The molecule has 4 aromatic rings. The molecule has 164 valence electrons. The van der Waals surface area contributed by atoms with Crippen LogP contribution >= 0.6 is 22.7 Å². The predicted molar refractivity (Wildman–Crippen MR) is 130 cm³/mol. The van der Waals surface area contributed by atoms with Gasteiger partial charge in [0, 0.05) is 10.9 Å². The Bertz CT molecular complexity index is 1260. The van der Waals surface area contributed by atoms with E-state index in [9.17, 15) is 0 Å². The van der Waals surface area contributed by atoms with Crippen LogP contribution in [0, 0.1) is 0 Å². The SMILES string of the molecule is COc1ccc(C=Nn2c(-c3cccs3)csc2=NCc2ccccc2)c(OC)c1OC. The van der Waals surface area contributed by atoms with Crippen molar-refractivity contribution in [3.05, 3.63) is 81.3 Å². The van der Waals surface area contributed by atoms with Crippen molar-refractivity contribution in [2.45, 2.75) is 6.54 Å². The Morgan fingerprint density at radius 2 is 1.69 bits per heavy atom. The Labute approximate surface area is 194 Å². The molecular weight excluding hydrogens is 442 g/mol. The number of rotatable bonds is 8. The molecule has 0 amide bonds. The maximum atomic E-state index is 5.59. The standard InChI is InChI=1S/C24H23N3O3S2/c1-28-20-12-11-18(22(29-2)23(20)30-3)15-26-27-19(21-10-7-13-31-21)16-32-24(27)25-14-17-8-5-4-6-9-17/h4-13,15-16H,14H2,1-3H3. The topological polar surface area (TPSA) is 57.3 Å². The van der Waals surface area contributed by atoms with Gasteiger partial charge in [0.05, 0.1) is 44.7 Å². The molecule has 0 spiro atoms. The first-order valence-electron chi connectivity index (χ1n) is 9.87. The quantitative estimate of drug-likeness (QED) is 0.332. The predicted octanol–water partition coefficient (Wildman–Crippen LogP) is 5.29. The molecular formula is C24H23N3O3S2. The number of thiazole rings is 1. The first-order chi connectivity index (χ1) is 15.7. The molecule has 0 N–H and O–H groups in total. The minimum Gasteiger partial charge on any atom is -0.493 e. The van der Waals surface area contributed by atoms with Crippen LogP contribution in [0.2, 0.25) is 0 Å². The van der Waals surface area contributed by atoms with Gasteiger partial charge in [-0.15, -0.1) is 22.7 Å². The second-order valence-electron chi connectivity index (χ2n) is 6.66. The molecule has 2 heterocycles. The van der Waals surface area contributed by atoms with Gasteiger partial charge >= 0.3 is 0 Å². The zero-order chi connectivity index (χ0) is 22.3. The van der Waals surface area contributed by atoms with Crippen molar-refractivity contribution < 1.29 is 14.2 Å². The van der Waals surface area contributed by atoms with E-state index in [1.54, 1.807) is 50.2 Å². The Balaban J connectivity index is 1.77. The van der Waals surface area contributed by atoms with Crippen molar-refractivity contribution >= 4 is 28.9 Å². The average molecular weight is 466 g/mol. The third-order valence-corrected chi connectivity index (χ3v) is 6.49. The Morgan fingerprint density at radius 1 is 0.875 bits per heavy atom. The molecule has 0 fully saturated rings. The maximum Gasteiger partial charge on any atom is 0.206 e. The molecule has 6 nitrogen and oxygen atoms in total. The van der Waals surface area contributed by atoms with Gasteiger partial charge in [-0.25, -0.2) is 4.68 Å². The van der Waals surface area contributed by atoms with Gasteiger partial charge < -0.3 is 14.2 Å². The summed E-state index contributed by atoms with van der Waals surface area (Å²) >= 11 is 3.23. The van der Waals surface area contributed by atoms with Gasteiger partial charge in [-0.2, -0.15) is 5.10 Å². The lowest BCUT2D eigenvalue weighted by Gasteiger charge is -2.13. The molecule has 0 bridgehead atoms. The maximum absolute atomic E-state index is 5.59. The molecule has 0 unspecified atom stereocenters. The van der Waals surface area contributed by atoms with E-state index in [2.05, 4.69) is 29.0 Å². The fourth-order valence-electron chi connectivity index (χ4n) is 3.20. The van der Waals surface area contributed by atoms with E-state index in [4.69, 9.17) is 24.3 Å². The molecule has 0 aliphatic heterocycles. The lowest BCUT2D eigenvalue weighted by molar-refractivity contribution is 0.324. The van der Waals surface area contributed by atoms with E-state index < -0.39 is 0 Å². The zero-order valence-electron chi connectivity index (χ0n) is 18.0. The molecule has 0 atom stereocenters. The smallest absolute Gasteiger partial charge is 0.206 e. The van der Waals surface area contributed by atoms with Crippen LogP contribution in [-0.4, -0.2) is 32.2 Å². The van der Waals surface area contributed by atoms with Crippen molar-refractivity contribution in [1.82, 2.24) is 4.68 Å². The van der Waals surface area contributed by atoms with Gasteiger partial charge in [0.25, 0.3) is 0 Å². The summed E-state index contributed by atoms with van der Waals surface area (Å²) < 4.78 is 18.3. The minimum atomic E-state index is 0.529. The number of hydrogen-bond acceptors (Lipinski definition) is 7. The van der Waals surface area contributed by atoms with Gasteiger partial charge in [0.15, 0.2) is 11.5 Å². The minimum absolute atomic E-state index is 0.529. The van der Waals surface area contributed by atoms with Crippen LogP contribution in [0.1, 0.15) is 11.1 Å². The summed E-state index contributed by atoms with van der Waals surface area (Å²) in [5, 5.41) is 8.92. The lowest BCUT2D eigenvalue weighted by atomic mass is 10.2. The number of ether oxygens (including phenoxy) is 3. The van der Waals surface area contributed by atoms with Gasteiger partial charge in [0.1, 0.15) is 0 Å². The summed E-state index contributed by atoms with van der Waals surface area (Å²) in [6, 6.07) is 18.0. The van der Waals surface area contributed by atoms with Crippen LogP contribution in [0.25, 0.3) is 10.6 Å². The third-order valence-electron chi connectivity index (χ3n) is 4.75. The first-order valence-corrected chi connectivity index (χ1v) is 11.6. The average Bonchev–Trinajstić information content (AvgIpc) is 3.51. The molecule has 2 aromatic heterocycles. The van der Waals surface area contributed by atoms with Crippen LogP contribution < -0.4 is 19.0 Å². The van der Waals surface area contributed by atoms with Gasteiger partial charge in [-0.3, -0.25) is 4.99 Å². The molecule has 0 saturated heterocycles. The third kappa shape index (κ3) is 4.61. The monoisotopic (exact) mass is 465 g/mol. The summed E-state index contributed by atoms with van der Waals surface area (Å²) in [7, 11) is 4.79. The fraction of sp³-hybridized carbons (Fsp3) is 0.167. The number of methoxy groups -OCH3 is 3. The number of hydrogen-bond donors (Lipinski definition) is 0. The molecule has 0 aliphatic carbocycles. The first kappa shape index (κ1) is 21.9. The zero-order valence-corrected chi connectivity index (χ0v) is 19.7. The van der Waals surface area contributed by atoms with Crippen LogP contribution in [0.5, 0.6) is 17.2 Å². The van der Waals surface area contributed by atoms with Gasteiger partial charge in [-0.1, -0.05) is 36.4 Å². The second kappa shape index (κ2) is 10.3. The fourth-order valence-corrected chi connectivity index (χ4v) is 4.83. The van der Waals surface area contributed by atoms with Crippen LogP contribution in [0.15, 0.2) is 75.5 Å². The van der Waals surface area contributed by atoms with Crippen LogP contribution in [0.3, 0.4) is 0 Å². The van der Waals surface area contributed by atoms with Crippen molar-refractivity contribution in [2.75, 3.05) is 21.3 Å². The highest BCUT2D eigenvalue weighted by Gasteiger charge is 2.15. The molecule has 0 saturated carbocycles. The van der Waals surface area contributed by atoms with Gasteiger partial charge in [-0.05, 0) is 29.1 Å². The normalized spacial score (nSPS) is 11.8. The number of benzene rings is 2. The Morgan fingerprint density at radius 3 is 2.38 bits per heavy atom. The number of nitrogens with zero attached hydrogens (tertiary/aromatic N) is 3. The Kier molecular flexibility index (Phi) is 7.03. The number of thiophene rings is 1.